The van der Waals surface area contributed by atoms with E-state index in [1.54, 1.807) is 11.0 Å². The van der Waals surface area contributed by atoms with Crippen LogP contribution < -0.4 is 10.6 Å². The lowest BCUT2D eigenvalue weighted by molar-refractivity contribution is -0.117. The third-order valence-corrected chi connectivity index (χ3v) is 2.62. The van der Waals surface area contributed by atoms with E-state index >= 15 is 0 Å². The average molecular weight is 211 g/mol. The van der Waals surface area contributed by atoms with E-state index < -0.39 is 0 Å². The normalized spacial score (nSPS) is 21.7. The summed E-state index contributed by atoms with van der Waals surface area (Å²) in [5.41, 5.74) is 6.45. The highest BCUT2D eigenvalue weighted by Gasteiger charge is 2.28. The zero-order valence-corrected chi connectivity index (χ0v) is 8.37. The van der Waals surface area contributed by atoms with Gasteiger partial charge in [0, 0.05) is 19.0 Å². The number of nitrogens with zero attached hydrogens (tertiary/aromatic N) is 1. The SMILES string of the molecule is N[C@@H]1CC(=O)N(c2ccccc2Cl)C1. The van der Waals surface area contributed by atoms with E-state index in [1.165, 1.54) is 0 Å². The molecule has 0 saturated carbocycles. The van der Waals surface area contributed by atoms with E-state index in [0.29, 0.717) is 18.0 Å². The van der Waals surface area contributed by atoms with Gasteiger partial charge in [-0.1, -0.05) is 23.7 Å². The third-order valence-electron chi connectivity index (χ3n) is 2.30. The molecular formula is C10H11ClN2O. The van der Waals surface area contributed by atoms with E-state index in [9.17, 15) is 4.79 Å². The Bertz CT molecular complexity index is 367. The summed E-state index contributed by atoms with van der Waals surface area (Å²) in [6, 6.07) is 7.23. The van der Waals surface area contributed by atoms with Crippen molar-refractivity contribution >= 4 is 23.2 Å². The number of hydrogen-bond donors (Lipinski definition) is 1. The highest BCUT2D eigenvalue weighted by atomic mass is 35.5. The van der Waals surface area contributed by atoms with Gasteiger partial charge in [-0.2, -0.15) is 0 Å². The number of carbonyl (C=O) groups is 1. The standard InChI is InChI=1S/C10H11ClN2O/c11-8-3-1-2-4-9(8)13-6-7(12)5-10(13)14/h1-4,7H,5-6,12H2/t7-/m1/s1. The molecule has 14 heavy (non-hydrogen) atoms. The number of halogens is 1. The van der Waals surface area contributed by atoms with Gasteiger partial charge in [0.2, 0.25) is 5.91 Å². The maximum Gasteiger partial charge on any atom is 0.228 e. The van der Waals surface area contributed by atoms with Gasteiger partial charge in [-0.25, -0.2) is 0 Å². The van der Waals surface area contributed by atoms with Gasteiger partial charge in [0.05, 0.1) is 10.7 Å². The molecule has 0 unspecified atom stereocenters. The average Bonchev–Trinajstić information content (AvgIpc) is 2.46. The van der Waals surface area contributed by atoms with Crippen LogP contribution in [0.15, 0.2) is 24.3 Å². The molecule has 74 valence electrons. The molecule has 1 aliphatic heterocycles. The zero-order valence-electron chi connectivity index (χ0n) is 7.61. The van der Waals surface area contributed by atoms with Crippen molar-refractivity contribution in [3.8, 4) is 0 Å². The van der Waals surface area contributed by atoms with Gasteiger partial charge in [0.15, 0.2) is 0 Å². The van der Waals surface area contributed by atoms with Crippen LogP contribution in [-0.2, 0) is 4.79 Å². The van der Waals surface area contributed by atoms with Crippen LogP contribution in [0, 0.1) is 0 Å². The number of nitrogens with two attached hydrogens (primary N) is 1. The minimum absolute atomic E-state index is 0.0469. The first-order valence-electron chi connectivity index (χ1n) is 4.49. The molecule has 1 aromatic carbocycles. The Morgan fingerprint density at radius 1 is 1.43 bits per heavy atom. The monoisotopic (exact) mass is 210 g/mol. The Labute approximate surface area is 87.4 Å². The number of rotatable bonds is 1. The molecule has 2 rings (SSSR count). The van der Waals surface area contributed by atoms with Crippen molar-refractivity contribution in [2.45, 2.75) is 12.5 Å². The molecule has 4 heteroatoms. The molecule has 2 N–H and O–H groups in total. The molecule has 1 aliphatic rings. The van der Waals surface area contributed by atoms with Crippen LogP contribution >= 0.6 is 11.6 Å². The molecule has 0 bridgehead atoms. The van der Waals surface area contributed by atoms with Gasteiger partial charge in [-0.15, -0.1) is 0 Å². The molecule has 1 saturated heterocycles. The van der Waals surface area contributed by atoms with Crippen molar-refractivity contribution in [1.29, 1.82) is 0 Å². The second-order valence-corrected chi connectivity index (χ2v) is 3.83. The van der Waals surface area contributed by atoms with Crippen molar-refractivity contribution in [1.82, 2.24) is 0 Å². The Balaban J connectivity index is 2.32. The minimum Gasteiger partial charge on any atom is -0.326 e. The maximum absolute atomic E-state index is 11.5. The van der Waals surface area contributed by atoms with Crippen LogP contribution in [0.5, 0.6) is 0 Å². The van der Waals surface area contributed by atoms with Gasteiger partial charge in [0.25, 0.3) is 0 Å². The Kier molecular flexibility index (Phi) is 2.44. The van der Waals surface area contributed by atoms with Crippen molar-refractivity contribution < 1.29 is 4.79 Å². The van der Waals surface area contributed by atoms with Crippen LogP contribution in [0.4, 0.5) is 5.69 Å². The second-order valence-electron chi connectivity index (χ2n) is 3.42. The predicted octanol–water partition coefficient (Wildman–Crippen LogP) is 1.40. The Morgan fingerprint density at radius 3 is 2.71 bits per heavy atom. The highest BCUT2D eigenvalue weighted by molar-refractivity contribution is 6.33. The molecule has 0 aromatic heterocycles. The Morgan fingerprint density at radius 2 is 2.14 bits per heavy atom. The first-order chi connectivity index (χ1) is 6.68. The first kappa shape index (κ1) is 9.49. The molecular weight excluding hydrogens is 200 g/mol. The molecule has 1 amide bonds. The largest absolute Gasteiger partial charge is 0.326 e. The van der Waals surface area contributed by atoms with E-state index in [4.69, 9.17) is 17.3 Å². The number of carbonyl (C=O) groups excluding carboxylic acids is 1. The highest BCUT2D eigenvalue weighted by Crippen LogP contribution is 2.28. The topological polar surface area (TPSA) is 46.3 Å². The van der Waals surface area contributed by atoms with E-state index in [-0.39, 0.29) is 11.9 Å². The summed E-state index contributed by atoms with van der Waals surface area (Å²) in [6.07, 6.45) is 0.408. The van der Waals surface area contributed by atoms with E-state index in [2.05, 4.69) is 0 Å². The molecule has 1 fully saturated rings. The number of para-hydroxylation sites is 1. The number of benzene rings is 1. The number of amides is 1. The number of hydrogen-bond acceptors (Lipinski definition) is 2. The van der Waals surface area contributed by atoms with Crippen molar-refractivity contribution in [3.63, 3.8) is 0 Å². The molecule has 0 spiro atoms. The van der Waals surface area contributed by atoms with E-state index in [0.717, 1.165) is 5.69 Å². The van der Waals surface area contributed by atoms with Crippen molar-refractivity contribution in [3.05, 3.63) is 29.3 Å². The molecule has 1 heterocycles. The molecule has 3 nitrogen and oxygen atoms in total. The summed E-state index contributed by atoms with van der Waals surface area (Å²) >= 11 is 5.98. The zero-order chi connectivity index (χ0) is 10.1. The summed E-state index contributed by atoms with van der Waals surface area (Å²) in [7, 11) is 0. The second kappa shape index (κ2) is 3.59. The molecule has 1 aromatic rings. The van der Waals surface area contributed by atoms with Crippen molar-refractivity contribution in [2.24, 2.45) is 5.73 Å². The van der Waals surface area contributed by atoms with Crippen LogP contribution in [0.2, 0.25) is 5.02 Å². The maximum atomic E-state index is 11.5. The predicted molar refractivity (Wildman–Crippen MR) is 56.4 cm³/mol. The number of anilines is 1. The lowest BCUT2D eigenvalue weighted by Gasteiger charge is -2.17. The van der Waals surface area contributed by atoms with Gasteiger partial charge in [0.1, 0.15) is 0 Å². The molecule has 0 radical (unpaired) electrons. The fourth-order valence-corrected chi connectivity index (χ4v) is 1.88. The smallest absolute Gasteiger partial charge is 0.228 e. The quantitative estimate of drug-likeness (QED) is 0.762. The summed E-state index contributed by atoms with van der Waals surface area (Å²) < 4.78 is 0. The molecule has 1 atom stereocenters. The lowest BCUT2D eigenvalue weighted by Crippen LogP contribution is -2.28. The minimum atomic E-state index is -0.0706. The fraction of sp³-hybridized carbons (Fsp3) is 0.300. The lowest BCUT2D eigenvalue weighted by atomic mass is 10.3. The van der Waals surface area contributed by atoms with Gasteiger partial charge >= 0.3 is 0 Å². The van der Waals surface area contributed by atoms with Crippen LogP contribution in [0.25, 0.3) is 0 Å². The van der Waals surface area contributed by atoms with Gasteiger partial charge in [-0.05, 0) is 12.1 Å². The molecule has 0 aliphatic carbocycles. The third kappa shape index (κ3) is 1.61. The van der Waals surface area contributed by atoms with E-state index in [1.807, 2.05) is 18.2 Å². The Hall–Kier alpha value is -1.06. The van der Waals surface area contributed by atoms with Crippen LogP contribution in [-0.4, -0.2) is 18.5 Å². The van der Waals surface area contributed by atoms with Crippen LogP contribution in [0.3, 0.4) is 0 Å². The first-order valence-corrected chi connectivity index (χ1v) is 4.87. The summed E-state index contributed by atoms with van der Waals surface area (Å²) in [5, 5.41) is 0.593. The van der Waals surface area contributed by atoms with Gasteiger partial charge in [-0.3, -0.25) is 4.79 Å². The summed E-state index contributed by atoms with van der Waals surface area (Å²) in [5.74, 6) is 0.0469. The van der Waals surface area contributed by atoms with Crippen LogP contribution in [0.1, 0.15) is 6.42 Å². The fourth-order valence-electron chi connectivity index (χ4n) is 1.64. The van der Waals surface area contributed by atoms with Crippen molar-refractivity contribution in [2.75, 3.05) is 11.4 Å². The van der Waals surface area contributed by atoms with Gasteiger partial charge < -0.3 is 10.6 Å². The summed E-state index contributed by atoms with van der Waals surface area (Å²) in [6.45, 7) is 0.558. The summed E-state index contributed by atoms with van der Waals surface area (Å²) in [4.78, 5) is 13.2.